The zero-order valence-electron chi connectivity index (χ0n) is 36.7. The zero-order valence-corrected chi connectivity index (χ0v) is 41.6. The number of aromatic nitrogens is 6. The molecule has 0 unspecified atom stereocenters. The third-order valence-electron chi connectivity index (χ3n) is 9.12. The van der Waals surface area contributed by atoms with E-state index in [0.29, 0.717) is 60.5 Å². The second-order valence-electron chi connectivity index (χ2n) is 13.7. The van der Waals surface area contributed by atoms with Gasteiger partial charge in [0.2, 0.25) is 29.7 Å². The maximum atomic E-state index is 12.7. The first-order valence-electron chi connectivity index (χ1n) is 19.6. The van der Waals surface area contributed by atoms with E-state index in [9.17, 15) is 38.9 Å². The molecule has 6 aromatic rings. The van der Waals surface area contributed by atoms with Gasteiger partial charge < -0.3 is 26.2 Å². The topological polar surface area (TPSA) is 408 Å². The van der Waals surface area contributed by atoms with Crippen molar-refractivity contribution in [1.82, 2.24) is 29.9 Å². The maximum Gasteiger partial charge on any atom is 0.296 e. The molecule has 10 N–H and O–H groups in total. The molecule has 0 radical (unpaired) electrons. The Morgan fingerprint density at radius 2 is 1.07 bits per heavy atom. The summed E-state index contributed by atoms with van der Waals surface area (Å²) in [6.45, 7) is 6.10. The lowest BCUT2D eigenvalue weighted by molar-refractivity contribution is -0.432. The quantitative estimate of drug-likeness (QED) is 0.00878. The number of nitrogens with zero attached hydrogens (tertiary/aromatic N) is 7. The van der Waals surface area contributed by atoms with Gasteiger partial charge in [-0.2, -0.15) is 55.2 Å². The van der Waals surface area contributed by atoms with Crippen LogP contribution >= 0.6 is 36.1 Å². The van der Waals surface area contributed by atoms with E-state index in [2.05, 4.69) is 75.0 Å². The highest BCUT2D eigenvalue weighted by Gasteiger charge is 2.21. The molecular formula is C37H37N11O18S6. The standard InChI is InChI=1S/C37H37N11O18S6/c1-4-48(5-2)37-46-35(45-36(47-37)42-27-19-26(70(52,53)54)13-14-29(27)68-65-62-50)40-23-10-8-21(30(16-23)69-66-63-51)6-7-22-9-11-24(17-32(22)72(58,59)60)41-33-38-20(3)39-34(44-33)43-28-18-25(67-64-61-49)12-15-31(28)71(55,56)57/h6-19,49-51H,4-5H2,1-3H3,(H,52,53,54)(H,55,56,57)(H,58,59,60)(H2,38,39,41,43,44)(H2,40,42,45,46,47). The lowest BCUT2D eigenvalue weighted by Crippen LogP contribution is -2.25. The molecule has 0 aliphatic rings. The molecule has 0 spiro atoms. The van der Waals surface area contributed by atoms with Gasteiger partial charge in [-0.05, 0) is 92.6 Å². The fourth-order valence-corrected chi connectivity index (χ4v) is 9.25. The first-order valence-corrected chi connectivity index (χ1v) is 26.2. The molecule has 6 rings (SSSR count). The Kier molecular flexibility index (Phi) is 19.0. The third kappa shape index (κ3) is 15.3. The molecule has 384 valence electrons. The second kappa shape index (κ2) is 24.7. The van der Waals surface area contributed by atoms with Crippen LogP contribution in [0, 0.1) is 6.92 Å². The molecule has 0 aliphatic carbocycles. The average molecular weight is 1120 g/mol. The number of rotatable bonds is 25. The van der Waals surface area contributed by atoms with Crippen molar-refractivity contribution in [3.8, 4) is 0 Å². The minimum Gasteiger partial charge on any atom is -0.341 e. The summed E-state index contributed by atoms with van der Waals surface area (Å²) in [5.74, 6) is -0.264. The summed E-state index contributed by atoms with van der Waals surface area (Å²) in [7, 11) is -14.4. The summed E-state index contributed by atoms with van der Waals surface area (Å²) >= 11 is 1.54. The van der Waals surface area contributed by atoms with Gasteiger partial charge >= 0.3 is 0 Å². The summed E-state index contributed by atoms with van der Waals surface area (Å²) in [5, 5.41) is 48.7. The van der Waals surface area contributed by atoms with Crippen LogP contribution in [-0.2, 0) is 58.5 Å². The zero-order chi connectivity index (χ0) is 52.2. The lowest BCUT2D eigenvalue weighted by Gasteiger charge is -2.20. The highest BCUT2D eigenvalue weighted by Crippen LogP contribution is 2.35. The molecule has 4 aromatic carbocycles. The predicted octanol–water partition coefficient (Wildman–Crippen LogP) is 7.38. The SMILES string of the molecule is CCN(CC)c1nc(Nc2ccc(C=Cc3ccc(Nc4nc(C)nc(Nc5cc(SOOO)ccc5S(=O)(=O)O)n4)cc3S(=O)(=O)O)c(SOOO)c2)nc(Nc2cc(S(=O)(=O)O)ccc2SOOO)n1. The first kappa shape index (κ1) is 55.4. The minimum atomic E-state index is -4.91. The number of hydrogen-bond acceptors (Lipinski definition) is 29. The summed E-state index contributed by atoms with van der Waals surface area (Å²) in [5.41, 5.74) is 0.541. The fourth-order valence-electron chi connectivity index (χ4n) is 6.07. The predicted molar refractivity (Wildman–Crippen MR) is 257 cm³/mol. The van der Waals surface area contributed by atoms with Crippen molar-refractivity contribution in [2.75, 3.05) is 39.3 Å². The van der Waals surface area contributed by atoms with Gasteiger partial charge in [0.05, 0.1) is 57.3 Å². The van der Waals surface area contributed by atoms with Crippen LogP contribution in [0.2, 0.25) is 0 Å². The molecule has 0 saturated heterocycles. The Bertz CT molecular complexity index is 3290. The highest BCUT2D eigenvalue weighted by molar-refractivity contribution is 7.95. The molecular weight excluding hydrogens is 1080 g/mol. The van der Waals surface area contributed by atoms with Crippen molar-refractivity contribution >= 4 is 131 Å². The second-order valence-corrected chi connectivity index (χ2v) is 20.2. The molecule has 0 aliphatic heterocycles. The van der Waals surface area contributed by atoms with Crippen LogP contribution in [-0.4, -0.2) is 97.7 Å². The monoisotopic (exact) mass is 1120 g/mol. The normalized spacial score (nSPS) is 12.0. The van der Waals surface area contributed by atoms with E-state index < -0.39 is 45.0 Å². The third-order valence-corrected chi connectivity index (χ3v) is 13.7. The molecule has 2 aromatic heterocycles. The van der Waals surface area contributed by atoms with Crippen LogP contribution in [0.1, 0.15) is 30.8 Å². The largest absolute Gasteiger partial charge is 0.341 e. The van der Waals surface area contributed by atoms with E-state index in [1.165, 1.54) is 55.5 Å². The Morgan fingerprint density at radius 1 is 0.542 bits per heavy atom. The molecule has 0 fully saturated rings. The summed E-state index contributed by atoms with van der Waals surface area (Å²) in [4.78, 5) is 26.7. The van der Waals surface area contributed by atoms with Gasteiger partial charge in [-0.25, -0.2) is 15.8 Å². The summed E-state index contributed by atoms with van der Waals surface area (Å²) < 4.78 is 117. The van der Waals surface area contributed by atoms with E-state index in [4.69, 9.17) is 20.1 Å². The Morgan fingerprint density at radius 3 is 1.67 bits per heavy atom. The van der Waals surface area contributed by atoms with Gasteiger partial charge in [-0.1, -0.05) is 39.4 Å². The van der Waals surface area contributed by atoms with Crippen LogP contribution in [0.4, 0.5) is 52.5 Å². The van der Waals surface area contributed by atoms with Gasteiger partial charge in [0.25, 0.3) is 30.4 Å². The van der Waals surface area contributed by atoms with Crippen molar-refractivity contribution in [3.05, 3.63) is 89.7 Å². The van der Waals surface area contributed by atoms with E-state index >= 15 is 0 Å². The van der Waals surface area contributed by atoms with Gasteiger partial charge in [0.15, 0.2) is 0 Å². The average Bonchev–Trinajstić information content (AvgIpc) is 3.31. The number of nitrogens with one attached hydrogen (secondary N) is 4. The Labute approximate surface area is 420 Å². The van der Waals surface area contributed by atoms with Gasteiger partial charge in [-0.3, -0.25) is 13.7 Å². The van der Waals surface area contributed by atoms with Crippen molar-refractivity contribution in [1.29, 1.82) is 0 Å². The fraction of sp³-hybridized carbons (Fsp3) is 0.135. The molecule has 0 bridgehead atoms. The Balaban J connectivity index is 1.28. The summed E-state index contributed by atoms with van der Waals surface area (Å²) in [6, 6.07) is 15.4. The smallest absolute Gasteiger partial charge is 0.296 e. The number of anilines is 9. The van der Waals surface area contributed by atoms with Crippen molar-refractivity contribution in [2.24, 2.45) is 0 Å². The molecule has 0 amide bonds. The van der Waals surface area contributed by atoms with Crippen molar-refractivity contribution in [2.45, 2.75) is 50.1 Å². The number of aryl methyl sites for hydroxylation is 1. The van der Waals surface area contributed by atoms with E-state index in [0.717, 1.165) is 24.3 Å². The summed E-state index contributed by atoms with van der Waals surface area (Å²) in [6.07, 6.45) is 2.81. The van der Waals surface area contributed by atoms with Gasteiger partial charge in [-0.15, -0.1) is 13.0 Å². The van der Waals surface area contributed by atoms with Crippen molar-refractivity contribution in [3.63, 3.8) is 0 Å². The Hall–Kier alpha value is -5.94. The molecule has 0 atom stereocenters. The molecule has 0 saturated carbocycles. The number of hydrogen-bond donors (Lipinski definition) is 10. The van der Waals surface area contributed by atoms with E-state index in [1.807, 2.05) is 13.8 Å². The first-order chi connectivity index (χ1) is 34.2. The molecule has 29 nitrogen and oxygen atoms in total. The molecule has 2 heterocycles. The minimum absolute atomic E-state index is 0.00550. The van der Waals surface area contributed by atoms with E-state index in [-0.39, 0.29) is 72.9 Å². The maximum absolute atomic E-state index is 12.7. The van der Waals surface area contributed by atoms with Crippen LogP contribution in [0.25, 0.3) is 12.2 Å². The lowest BCUT2D eigenvalue weighted by atomic mass is 10.1. The van der Waals surface area contributed by atoms with Crippen LogP contribution in [0.3, 0.4) is 0 Å². The van der Waals surface area contributed by atoms with Crippen LogP contribution in [0.5, 0.6) is 0 Å². The van der Waals surface area contributed by atoms with Crippen molar-refractivity contribution < 1.29 is 82.8 Å². The van der Waals surface area contributed by atoms with Gasteiger partial charge in [0, 0.05) is 34.3 Å². The van der Waals surface area contributed by atoms with E-state index in [1.54, 1.807) is 17.0 Å². The highest BCUT2D eigenvalue weighted by atomic mass is 32.2. The van der Waals surface area contributed by atoms with Gasteiger partial charge in [0.1, 0.15) is 15.6 Å². The molecule has 72 heavy (non-hydrogen) atoms. The van der Waals surface area contributed by atoms with Crippen LogP contribution < -0.4 is 26.2 Å². The molecule has 35 heteroatoms. The van der Waals surface area contributed by atoms with Crippen LogP contribution in [0.15, 0.2) is 102 Å². The number of benzene rings is 4.